The molecule has 18 heavy (non-hydrogen) atoms. The minimum atomic E-state index is -0.0869. The number of anilines is 1. The largest absolute Gasteiger partial charge is 0.321 e. The van der Waals surface area contributed by atoms with E-state index in [-0.39, 0.29) is 5.91 Å². The topological polar surface area (TPSA) is 57.8 Å². The Kier molecular flexibility index (Phi) is 1.67. The maximum Gasteiger partial charge on any atom is 0.256 e. The molecule has 2 aromatic carbocycles. The molecule has 0 radical (unpaired) electrons. The van der Waals surface area contributed by atoms with Gasteiger partial charge in [0.15, 0.2) is 0 Å². The van der Waals surface area contributed by atoms with Gasteiger partial charge >= 0.3 is 0 Å². The van der Waals surface area contributed by atoms with E-state index in [9.17, 15) is 4.79 Å². The van der Waals surface area contributed by atoms with Crippen LogP contribution < -0.4 is 5.32 Å². The van der Waals surface area contributed by atoms with E-state index >= 15 is 0 Å². The van der Waals surface area contributed by atoms with Crippen molar-refractivity contribution in [2.75, 3.05) is 5.32 Å². The van der Waals surface area contributed by atoms with Crippen molar-refractivity contribution in [3.8, 4) is 11.3 Å². The monoisotopic (exact) mass is 235 g/mol. The highest BCUT2D eigenvalue weighted by Gasteiger charge is 2.22. The molecule has 0 unspecified atom stereocenters. The first kappa shape index (κ1) is 9.41. The van der Waals surface area contributed by atoms with Crippen LogP contribution >= 0.6 is 0 Å². The molecule has 1 aliphatic heterocycles. The lowest BCUT2D eigenvalue weighted by Crippen LogP contribution is -2.11. The van der Waals surface area contributed by atoms with Crippen molar-refractivity contribution in [2.24, 2.45) is 0 Å². The summed E-state index contributed by atoms with van der Waals surface area (Å²) in [5.74, 6) is -0.0869. The molecule has 0 fully saturated rings. The first-order valence-electron chi connectivity index (χ1n) is 5.72. The van der Waals surface area contributed by atoms with Crippen LogP contribution in [0, 0.1) is 0 Å². The molecule has 0 atom stereocenters. The van der Waals surface area contributed by atoms with Gasteiger partial charge in [-0.25, -0.2) is 0 Å². The number of nitrogens with one attached hydrogen (secondary N) is 2. The van der Waals surface area contributed by atoms with Gasteiger partial charge in [0, 0.05) is 11.1 Å². The summed E-state index contributed by atoms with van der Waals surface area (Å²) in [6.07, 6.45) is 0. The van der Waals surface area contributed by atoms with Crippen molar-refractivity contribution in [3.63, 3.8) is 0 Å². The molecule has 0 spiro atoms. The fourth-order valence-electron chi connectivity index (χ4n) is 2.45. The third-order valence-electron chi connectivity index (χ3n) is 3.26. The van der Waals surface area contributed by atoms with Crippen LogP contribution in [0.25, 0.3) is 22.2 Å². The van der Waals surface area contributed by atoms with Crippen molar-refractivity contribution < 1.29 is 4.79 Å². The molecular weight excluding hydrogens is 226 g/mol. The molecule has 4 nitrogen and oxygen atoms in total. The van der Waals surface area contributed by atoms with Crippen molar-refractivity contribution in [1.29, 1.82) is 0 Å². The second kappa shape index (κ2) is 3.20. The molecule has 2 heterocycles. The average Bonchev–Trinajstić information content (AvgIpc) is 2.78. The number of carbonyl (C=O) groups is 1. The summed E-state index contributed by atoms with van der Waals surface area (Å²) in [6.45, 7) is 0. The molecule has 4 heteroatoms. The maximum absolute atomic E-state index is 12.2. The number of rotatable bonds is 0. The number of aromatic nitrogens is 2. The third kappa shape index (κ3) is 1.09. The van der Waals surface area contributed by atoms with Crippen molar-refractivity contribution in [2.45, 2.75) is 0 Å². The van der Waals surface area contributed by atoms with E-state index in [1.54, 1.807) is 0 Å². The third-order valence-corrected chi connectivity index (χ3v) is 3.26. The molecule has 1 aromatic heterocycles. The Morgan fingerprint density at radius 1 is 0.944 bits per heavy atom. The van der Waals surface area contributed by atoms with Crippen LogP contribution in [0.3, 0.4) is 0 Å². The highest BCUT2D eigenvalue weighted by atomic mass is 16.1. The van der Waals surface area contributed by atoms with Crippen molar-refractivity contribution in [3.05, 3.63) is 48.0 Å². The molecule has 2 N–H and O–H groups in total. The predicted octanol–water partition coefficient (Wildman–Crippen LogP) is 2.80. The molecule has 0 aliphatic carbocycles. The number of H-pyrrole nitrogens is 1. The van der Waals surface area contributed by atoms with Gasteiger partial charge in [-0.1, -0.05) is 24.3 Å². The van der Waals surface area contributed by atoms with E-state index in [0.29, 0.717) is 5.56 Å². The van der Waals surface area contributed by atoms with Gasteiger partial charge in [-0.2, -0.15) is 5.10 Å². The molecule has 1 aliphatic rings. The van der Waals surface area contributed by atoms with E-state index in [1.165, 1.54) is 0 Å². The summed E-state index contributed by atoms with van der Waals surface area (Å²) in [6, 6.07) is 13.3. The number of benzene rings is 2. The standard InChI is InChI=1S/C14H9N3O/c18-14-9-5-2-1-4-8(9)13-12-10(15-14)6-3-7-11(12)16-17-13/h1-7H,(H,15,18)(H,16,17). The maximum atomic E-state index is 12.2. The summed E-state index contributed by atoms with van der Waals surface area (Å²) in [4.78, 5) is 12.2. The average molecular weight is 235 g/mol. The Hall–Kier alpha value is -2.62. The van der Waals surface area contributed by atoms with Gasteiger partial charge in [-0.05, 0) is 18.2 Å². The van der Waals surface area contributed by atoms with Crippen LogP contribution in [0.4, 0.5) is 5.69 Å². The molecule has 0 saturated heterocycles. The fraction of sp³-hybridized carbons (Fsp3) is 0. The molecule has 1 amide bonds. The number of carbonyl (C=O) groups excluding carboxylic acids is 1. The van der Waals surface area contributed by atoms with E-state index < -0.39 is 0 Å². The summed E-state index contributed by atoms with van der Waals surface area (Å²) in [5.41, 5.74) is 4.08. The van der Waals surface area contributed by atoms with Gasteiger partial charge in [-0.15, -0.1) is 0 Å². The molecule has 3 aromatic rings. The lowest BCUT2D eigenvalue weighted by atomic mass is 10.0. The lowest BCUT2D eigenvalue weighted by molar-refractivity contribution is 0.102. The van der Waals surface area contributed by atoms with Crippen LogP contribution in [0.1, 0.15) is 10.4 Å². The summed E-state index contributed by atoms with van der Waals surface area (Å²) in [7, 11) is 0. The predicted molar refractivity (Wildman–Crippen MR) is 69.5 cm³/mol. The lowest BCUT2D eigenvalue weighted by Gasteiger charge is -2.04. The zero-order valence-corrected chi connectivity index (χ0v) is 9.40. The van der Waals surface area contributed by atoms with Crippen molar-refractivity contribution >= 4 is 22.5 Å². The molecule has 86 valence electrons. The quantitative estimate of drug-likeness (QED) is 0.629. The number of hydrogen-bond donors (Lipinski definition) is 2. The van der Waals surface area contributed by atoms with Crippen molar-refractivity contribution in [1.82, 2.24) is 10.2 Å². The Balaban J connectivity index is 2.19. The van der Waals surface area contributed by atoms with Crippen LogP contribution in [0.5, 0.6) is 0 Å². The van der Waals surface area contributed by atoms with Gasteiger partial charge in [0.25, 0.3) is 5.91 Å². The highest BCUT2D eigenvalue weighted by Crippen LogP contribution is 2.36. The summed E-state index contributed by atoms with van der Waals surface area (Å²) in [5, 5.41) is 11.2. The van der Waals surface area contributed by atoms with Gasteiger partial charge in [0.1, 0.15) is 5.69 Å². The first-order chi connectivity index (χ1) is 8.84. The second-order valence-electron chi connectivity index (χ2n) is 4.30. The number of nitrogens with zero attached hydrogens (tertiary/aromatic N) is 1. The Morgan fingerprint density at radius 3 is 2.67 bits per heavy atom. The Morgan fingerprint density at radius 2 is 1.78 bits per heavy atom. The molecular formula is C14H9N3O. The number of fused-ring (bicyclic) bond motifs is 2. The van der Waals surface area contributed by atoms with Crippen LogP contribution in [-0.4, -0.2) is 16.1 Å². The van der Waals surface area contributed by atoms with E-state index in [1.807, 2.05) is 42.5 Å². The number of aromatic amines is 1. The van der Waals surface area contributed by atoms with Gasteiger partial charge in [-0.3, -0.25) is 9.89 Å². The van der Waals surface area contributed by atoms with E-state index in [4.69, 9.17) is 0 Å². The molecule has 0 bridgehead atoms. The minimum Gasteiger partial charge on any atom is -0.321 e. The smallest absolute Gasteiger partial charge is 0.256 e. The van der Waals surface area contributed by atoms with E-state index in [2.05, 4.69) is 15.5 Å². The van der Waals surface area contributed by atoms with Crippen LogP contribution in [0.15, 0.2) is 42.5 Å². The zero-order valence-electron chi connectivity index (χ0n) is 9.40. The normalized spacial score (nSPS) is 13.0. The summed E-state index contributed by atoms with van der Waals surface area (Å²) < 4.78 is 0. The number of amides is 1. The highest BCUT2D eigenvalue weighted by molar-refractivity contribution is 6.18. The van der Waals surface area contributed by atoms with Gasteiger partial charge in [0.05, 0.1) is 16.6 Å². The first-order valence-corrected chi connectivity index (χ1v) is 5.72. The fourth-order valence-corrected chi connectivity index (χ4v) is 2.45. The minimum absolute atomic E-state index is 0.0869. The second-order valence-corrected chi connectivity index (χ2v) is 4.30. The SMILES string of the molecule is O=C1Nc2cccc3[nH]nc(c23)-c2ccccc21. The van der Waals surface area contributed by atoms with Gasteiger partial charge in [0.2, 0.25) is 0 Å². The molecule has 0 saturated carbocycles. The van der Waals surface area contributed by atoms with E-state index in [0.717, 1.165) is 27.8 Å². The van der Waals surface area contributed by atoms with Crippen LogP contribution in [-0.2, 0) is 0 Å². The molecule has 4 rings (SSSR count). The Labute approximate surface area is 103 Å². The summed E-state index contributed by atoms with van der Waals surface area (Å²) >= 11 is 0. The number of hydrogen-bond acceptors (Lipinski definition) is 2. The van der Waals surface area contributed by atoms with Gasteiger partial charge < -0.3 is 5.32 Å². The zero-order chi connectivity index (χ0) is 12.1. The Bertz CT molecular complexity index is 789. The van der Waals surface area contributed by atoms with Crippen LogP contribution in [0.2, 0.25) is 0 Å².